The molecule has 4 heterocycles. The molecule has 1 saturated carbocycles. The Balaban J connectivity index is 1.33. The molecule has 1 atom stereocenters. The van der Waals surface area contributed by atoms with Crippen molar-refractivity contribution in [2.75, 3.05) is 12.0 Å². The number of fused-ring (bicyclic) bond motifs is 1. The van der Waals surface area contributed by atoms with Gasteiger partial charge < -0.3 is 9.47 Å². The third kappa shape index (κ3) is 4.61. The Morgan fingerprint density at radius 3 is 2.52 bits per heavy atom. The van der Waals surface area contributed by atoms with Crippen LogP contribution in [0.4, 0.5) is 19.0 Å². The molecule has 1 aliphatic carbocycles. The fourth-order valence-corrected chi connectivity index (χ4v) is 4.69. The number of anilines is 1. The summed E-state index contributed by atoms with van der Waals surface area (Å²) in [5, 5.41) is 3.70. The molecule has 0 N–H and O–H groups in total. The second-order valence-corrected chi connectivity index (χ2v) is 9.73. The first kappa shape index (κ1) is 25.7. The second kappa shape index (κ2) is 9.57. The lowest BCUT2D eigenvalue weighted by Gasteiger charge is -2.32. The molecule has 1 aliphatic heterocycles. The molecule has 1 amide bonds. The van der Waals surface area contributed by atoms with Crippen molar-refractivity contribution in [2.24, 2.45) is 0 Å². The van der Waals surface area contributed by atoms with Gasteiger partial charge in [0.05, 0.1) is 31.2 Å². The zero-order chi connectivity index (χ0) is 28.2. The minimum Gasteiger partial charge on any atom is -0.480 e. The predicted molar refractivity (Wildman–Crippen MR) is 136 cm³/mol. The highest BCUT2D eigenvalue weighted by Gasteiger charge is 2.36. The van der Waals surface area contributed by atoms with Gasteiger partial charge in [-0.15, -0.1) is 0 Å². The van der Waals surface area contributed by atoms with Crippen molar-refractivity contribution in [3.8, 4) is 28.7 Å². The third-order valence-electron chi connectivity index (χ3n) is 6.83. The summed E-state index contributed by atoms with van der Waals surface area (Å²) >= 11 is 0. The topological polar surface area (TPSA) is 108 Å². The van der Waals surface area contributed by atoms with Crippen LogP contribution in [0.3, 0.4) is 0 Å². The van der Waals surface area contributed by atoms with Crippen LogP contribution < -0.4 is 14.4 Å². The first-order chi connectivity index (χ1) is 19.1. The maximum Gasteiger partial charge on any atom is 0.435 e. The molecular formula is C27H24F3N7O3. The summed E-state index contributed by atoms with van der Waals surface area (Å²) in [4.78, 5) is 32.7. The van der Waals surface area contributed by atoms with Crippen molar-refractivity contribution < 1.29 is 27.4 Å². The van der Waals surface area contributed by atoms with Crippen LogP contribution in [0.2, 0.25) is 0 Å². The lowest BCUT2D eigenvalue weighted by molar-refractivity contribution is -0.141. The molecule has 0 bridgehead atoms. The molecule has 0 radical (unpaired) electrons. The molecule has 1 aromatic carbocycles. The average Bonchev–Trinajstić information content (AvgIpc) is 3.71. The summed E-state index contributed by atoms with van der Waals surface area (Å²) in [6.07, 6.45) is -0.326. The number of alkyl halides is 3. The van der Waals surface area contributed by atoms with E-state index in [1.54, 1.807) is 38.1 Å². The molecule has 6 rings (SSSR count). The number of nitrogens with zero attached hydrogens (tertiary/aromatic N) is 7. The van der Waals surface area contributed by atoms with Crippen LogP contribution in [0.1, 0.15) is 48.3 Å². The van der Waals surface area contributed by atoms with Crippen molar-refractivity contribution in [3.05, 3.63) is 65.5 Å². The van der Waals surface area contributed by atoms with Gasteiger partial charge in [0, 0.05) is 11.6 Å². The predicted octanol–water partition coefficient (Wildman–Crippen LogP) is 4.65. The van der Waals surface area contributed by atoms with Crippen molar-refractivity contribution in [1.29, 1.82) is 0 Å². The quantitative estimate of drug-likeness (QED) is 0.341. The largest absolute Gasteiger partial charge is 0.480 e. The Hall–Kier alpha value is -4.55. The monoisotopic (exact) mass is 551 g/mol. The first-order valence-corrected chi connectivity index (χ1v) is 12.6. The number of carbonyl (C=O) groups is 1. The Morgan fingerprint density at radius 1 is 1.12 bits per heavy atom. The van der Waals surface area contributed by atoms with E-state index in [1.165, 1.54) is 29.2 Å². The van der Waals surface area contributed by atoms with E-state index in [2.05, 4.69) is 20.1 Å². The van der Waals surface area contributed by atoms with E-state index in [4.69, 9.17) is 14.5 Å². The van der Waals surface area contributed by atoms with Gasteiger partial charge in [0.25, 0.3) is 5.91 Å². The highest BCUT2D eigenvalue weighted by atomic mass is 19.4. The smallest absolute Gasteiger partial charge is 0.435 e. The molecule has 4 aromatic rings. The summed E-state index contributed by atoms with van der Waals surface area (Å²) in [6.45, 7) is 3.35. The Morgan fingerprint density at radius 2 is 1.88 bits per heavy atom. The number of amides is 1. The van der Waals surface area contributed by atoms with E-state index in [9.17, 15) is 18.0 Å². The Labute approximate surface area is 226 Å². The molecule has 2 aliphatic rings. The molecule has 0 spiro atoms. The Bertz CT molecular complexity index is 1600. The number of rotatable bonds is 6. The molecule has 0 saturated heterocycles. The lowest BCUT2D eigenvalue weighted by atomic mass is 10.1. The van der Waals surface area contributed by atoms with Crippen molar-refractivity contribution in [2.45, 2.75) is 51.4 Å². The van der Waals surface area contributed by atoms with Crippen LogP contribution in [-0.4, -0.2) is 48.8 Å². The molecular weight excluding hydrogens is 527 g/mol. The van der Waals surface area contributed by atoms with Gasteiger partial charge >= 0.3 is 6.18 Å². The van der Waals surface area contributed by atoms with Crippen LogP contribution >= 0.6 is 0 Å². The Kier molecular flexibility index (Phi) is 6.15. The average molecular weight is 552 g/mol. The number of benzene rings is 1. The van der Waals surface area contributed by atoms with E-state index in [0.717, 1.165) is 30.2 Å². The van der Waals surface area contributed by atoms with Gasteiger partial charge in [-0.3, -0.25) is 9.69 Å². The number of halogens is 3. The van der Waals surface area contributed by atoms with Crippen LogP contribution in [0.5, 0.6) is 11.6 Å². The van der Waals surface area contributed by atoms with Crippen LogP contribution in [0.25, 0.3) is 17.1 Å². The maximum absolute atomic E-state index is 13.2. The second-order valence-electron chi connectivity index (χ2n) is 9.73. The van der Waals surface area contributed by atoms with Gasteiger partial charge in [0.1, 0.15) is 11.9 Å². The van der Waals surface area contributed by atoms with Gasteiger partial charge in [-0.05, 0) is 50.5 Å². The van der Waals surface area contributed by atoms with Crippen LogP contribution in [-0.2, 0) is 17.5 Å². The number of ether oxygens (including phenoxy) is 2. The van der Waals surface area contributed by atoms with E-state index in [1.807, 2.05) is 0 Å². The van der Waals surface area contributed by atoms with Gasteiger partial charge in [-0.25, -0.2) is 24.6 Å². The zero-order valence-corrected chi connectivity index (χ0v) is 21.8. The lowest BCUT2D eigenvalue weighted by Crippen LogP contribution is -2.44. The van der Waals surface area contributed by atoms with Gasteiger partial charge in [-0.1, -0.05) is 12.1 Å². The van der Waals surface area contributed by atoms with E-state index < -0.39 is 18.0 Å². The summed E-state index contributed by atoms with van der Waals surface area (Å²) in [5.41, 5.74) is 1.97. The summed E-state index contributed by atoms with van der Waals surface area (Å²) < 4.78 is 51.8. The normalized spacial score (nSPS) is 17.0. The first-order valence-electron chi connectivity index (χ1n) is 12.6. The standard InChI is InChI=1S/C27H24F3N7O3/c1-14-10-20(27(28,29)30)35-37(14)18-8-4-16(5-9-18)12-36-24-19(40-15(2)26(36)38)11-31-23(34-24)21-22(17-6-7-17)32-13-33-25(21)39-3/h4-5,8-11,13,15,17H,6-7,12H2,1-3H3. The van der Waals surface area contributed by atoms with Crippen molar-refractivity contribution >= 4 is 11.7 Å². The van der Waals surface area contributed by atoms with E-state index >= 15 is 0 Å². The van der Waals surface area contributed by atoms with Gasteiger partial charge in [0.15, 0.2) is 29.2 Å². The molecule has 40 heavy (non-hydrogen) atoms. The number of hydrogen-bond donors (Lipinski definition) is 0. The molecule has 1 fully saturated rings. The number of aromatic nitrogens is 6. The summed E-state index contributed by atoms with van der Waals surface area (Å²) in [6, 6.07) is 7.78. The summed E-state index contributed by atoms with van der Waals surface area (Å²) in [5.74, 6) is 1.28. The fraction of sp³-hybridized carbons (Fsp3) is 0.333. The van der Waals surface area contributed by atoms with E-state index in [0.29, 0.717) is 40.2 Å². The number of methoxy groups -OCH3 is 1. The maximum atomic E-state index is 13.2. The van der Waals surface area contributed by atoms with Crippen LogP contribution in [0.15, 0.2) is 42.9 Å². The van der Waals surface area contributed by atoms with E-state index in [-0.39, 0.29) is 18.4 Å². The number of hydrogen-bond acceptors (Lipinski definition) is 8. The highest BCUT2D eigenvalue weighted by Crippen LogP contribution is 2.45. The summed E-state index contributed by atoms with van der Waals surface area (Å²) in [7, 11) is 1.51. The highest BCUT2D eigenvalue weighted by molar-refractivity contribution is 5.98. The molecule has 10 nitrogen and oxygen atoms in total. The molecule has 13 heteroatoms. The molecule has 1 unspecified atom stereocenters. The van der Waals surface area contributed by atoms with Crippen molar-refractivity contribution in [1.82, 2.24) is 29.7 Å². The molecule has 3 aromatic heterocycles. The van der Waals surface area contributed by atoms with Gasteiger partial charge in [-0.2, -0.15) is 18.3 Å². The fourth-order valence-electron chi connectivity index (χ4n) is 4.69. The minimum absolute atomic E-state index is 0.153. The van der Waals surface area contributed by atoms with Crippen LogP contribution in [0, 0.1) is 6.92 Å². The minimum atomic E-state index is -4.53. The third-order valence-corrected chi connectivity index (χ3v) is 6.83. The van der Waals surface area contributed by atoms with Crippen molar-refractivity contribution in [3.63, 3.8) is 0 Å². The van der Waals surface area contributed by atoms with Gasteiger partial charge in [0.2, 0.25) is 5.88 Å². The number of aryl methyl sites for hydroxylation is 1. The zero-order valence-electron chi connectivity index (χ0n) is 21.8. The SMILES string of the molecule is COc1ncnc(C2CC2)c1-c1ncc2c(n1)N(Cc1ccc(-n3nc(C(F)(F)F)cc3C)cc1)C(=O)C(C)O2. The molecule has 206 valence electrons. The number of carbonyl (C=O) groups excluding carboxylic acids is 1.